The lowest BCUT2D eigenvalue weighted by Crippen LogP contribution is -2.22. The second-order valence-electron chi connectivity index (χ2n) is 4.69. The molecule has 0 saturated carbocycles. The standard InChI is InChI=1S/C15H21NOS/c1-3-18-10-4-8-16-9-7-14-11-13(12(2)17)5-6-15(14)16/h5-6,11H,3-4,7-10H2,1-2H3. The maximum Gasteiger partial charge on any atom is 0.159 e. The van der Waals surface area contributed by atoms with E-state index in [0.29, 0.717) is 0 Å². The van der Waals surface area contributed by atoms with Crippen molar-refractivity contribution in [2.45, 2.75) is 26.7 Å². The van der Waals surface area contributed by atoms with E-state index >= 15 is 0 Å². The van der Waals surface area contributed by atoms with Gasteiger partial charge >= 0.3 is 0 Å². The van der Waals surface area contributed by atoms with E-state index in [9.17, 15) is 4.79 Å². The van der Waals surface area contributed by atoms with Crippen LogP contribution in [0, 0.1) is 0 Å². The number of hydrogen-bond acceptors (Lipinski definition) is 3. The zero-order valence-corrected chi connectivity index (χ0v) is 12.1. The van der Waals surface area contributed by atoms with Crippen molar-refractivity contribution in [3.63, 3.8) is 0 Å². The Balaban J connectivity index is 1.98. The van der Waals surface area contributed by atoms with Crippen molar-refractivity contribution in [2.24, 2.45) is 0 Å². The van der Waals surface area contributed by atoms with Crippen molar-refractivity contribution in [3.05, 3.63) is 29.3 Å². The number of benzene rings is 1. The third kappa shape index (κ3) is 3.08. The van der Waals surface area contributed by atoms with E-state index in [4.69, 9.17) is 0 Å². The van der Waals surface area contributed by atoms with Crippen molar-refractivity contribution in [1.82, 2.24) is 0 Å². The predicted octanol–water partition coefficient (Wildman–Crippen LogP) is 3.39. The van der Waals surface area contributed by atoms with Crippen LogP contribution in [0.5, 0.6) is 0 Å². The highest BCUT2D eigenvalue weighted by Gasteiger charge is 2.19. The molecule has 98 valence electrons. The van der Waals surface area contributed by atoms with E-state index in [2.05, 4.69) is 24.0 Å². The number of anilines is 1. The fraction of sp³-hybridized carbons (Fsp3) is 0.533. The normalized spacial score (nSPS) is 13.8. The summed E-state index contributed by atoms with van der Waals surface area (Å²) in [6, 6.07) is 6.14. The van der Waals surface area contributed by atoms with Gasteiger partial charge in [0.1, 0.15) is 0 Å². The molecule has 0 fully saturated rings. The van der Waals surface area contributed by atoms with Gasteiger partial charge in [-0.3, -0.25) is 4.79 Å². The van der Waals surface area contributed by atoms with Crippen LogP contribution in [0.3, 0.4) is 0 Å². The molecular formula is C15H21NOS. The summed E-state index contributed by atoms with van der Waals surface area (Å²) >= 11 is 2.01. The molecule has 1 aromatic carbocycles. The molecule has 0 N–H and O–H groups in total. The Labute approximate surface area is 114 Å². The van der Waals surface area contributed by atoms with Crippen LogP contribution in [-0.2, 0) is 6.42 Å². The third-order valence-corrected chi connectivity index (χ3v) is 4.38. The SMILES string of the molecule is CCSCCCN1CCc2cc(C(C)=O)ccc21. The highest BCUT2D eigenvalue weighted by atomic mass is 32.2. The molecule has 0 aromatic heterocycles. The van der Waals surface area contributed by atoms with E-state index in [1.54, 1.807) is 6.92 Å². The zero-order chi connectivity index (χ0) is 13.0. The lowest BCUT2D eigenvalue weighted by Gasteiger charge is -2.19. The van der Waals surface area contributed by atoms with Crippen LogP contribution in [0.25, 0.3) is 0 Å². The lowest BCUT2D eigenvalue weighted by molar-refractivity contribution is 0.101. The molecule has 0 radical (unpaired) electrons. The van der Waals surface area contributed by atoms with Gasteiger partial charge in [-0.25, -0.2) is 0 Å². The van der Waals surface area contributed by atoms with Crippen LogP contribution in [0.2, 0.25) is 0 Å². The van der Waals surface area contributed by atoms with Gasteiger partial charge in [0.2, 0.25) is 0 Å². The molecule has 1 aliphatic heterocycles. The highest BCUT2D eigenvalue weighted by molar-refractivity contribution is 7.99. The van der Waals surface area contributed by atoms with Crippen LogP contribution >= 0.6 is 11.8 Å². The number of ketones is 1. The summed E-state index contributed by atoms with van der Waals surface area (Å²) in [7, 11) is 0. The fourth-order valence-electron chi connectivity index (χ4n) is 2.42. The molecule has 0 saturated heterocycles. The van der Waals surface area contributed by atoms with Gasteiger partial charge < -0.3 is 4.90 Å². The third-order valence-electron chi connectivity index (χ3n) is 3.40. The molecule has 18 heavy (non-hydrogen) atoms. The van der Waals surface area contributed by atoms with E-state index in [1.807, 2.05) is 17.8 Å². The summed E-state index contributed by atoms with van der Waals surface area (Å²) in [6.07, 6.45) is 2.32. The van der Waals surface area contributed by atoms with E-state index < -0.39 is 0 Å². The van der Waals surface area contributed by atoms with Crippen LogP contribution in [0.1, 0.15) is 36.2 Å². The molecule has 2 rings (SSSR count). The molecule has 2 nitrogen and oxygen atoms in total. The molecule has 0 spiro atoms. The minimum absolute atomic E-state index is 0.163. The van der Waals surface area contributed by atoms with Crippen LogP contribution in [0.4, 0.5) is 5.69 Å². The van der Waals surface area contributed by atoms with E-state index in [-0.39, 0.29) is 5.78 Å². The smallest absolute Gasteiger partial charge is 0.159 e. The summed E-state index contributed by atoms with van der Waals surface area (Å²) in [6.45, 7) is 6.09. The van der Waals surface area contributed by atoms with Crippen LogP contribution < -0.4 is 4.90 Å². The zero-order valence-electron chi connectivity index (χ0n) is 11.2. The first-order valence-electron chi connectivity index (χ1n) is 6.69. The Morgan fingerprint density at radius 1 is 1.44 bits per heavy atom. The van der Waals surface area contributed by atoms with E-state index in [1.165, 1.54) is 29.2 Å². The second kappa shape index (κ2) is 6.28. The fourth-order valence-corrected chi connectivity index (χ4v) is 3.05. The largest absolute Gasteiger partial charge is 0.371 e. The number of fused-ring (bicyclic) bond motifs is 1. The number of carbonyl (C=O) groups excluding carboxylic acids is 1. The number of thioether (sulfide) groups is 1. The first-order chi connectivity index (χ1) is 8.72. The van der Waals surface area contributed by atoms with Gasteiger partial charge in [-0.05, 0) is 55.0 Å². The van der Waals surface area contributed by atoms with E-state index in [0.717, 1.165) is 25.1 Å². The summed E-state index contributed by atoms with van der Waals surface area (Å²) in [5, 5.41) is 0. The predicted molar refractivity (Wildman–Crippen MR) is 80.0 cm³/mol. The Morgan fingerprint density at radius 3 is 3.00 bits per heavy atom. The quantitative estimate of drug-likeness (QED) is 0.579. The second-order valence-corrected chi connectivity index (χ2v) is 6.08. The maximum absolute atomic E-state index is 11.4. The lowest BCUT2D eigenvalue weighted by atomic mass is 10.1. The molecule has 1 aromatic rings. The Morgan fingerprint density at radius 2 is 2.28 bits per heavy atom. The molecule has 0 bridgehead atoms. The molecule has 3 heteroatoms. The van der Waals surface area contributed by atoms with Gasteiger partial charge in [-0.15, -0.1) is 0 Å². The number of hydrogen-bond donors (Lipinski definition) is 0. The minimum Gasteiger partial charge on any atom is -0.371 e. The van der Waals surface area contributed by atoms with Gasteiger partial charge in [0.05, 0.1) is 0 Å². The Kier molecular flexibility index (Phi) is 4.70. The number of nitrogens with zero attached hydrogens (tertiary/aromatic N) is 1. The van der Waals surface area contributed by atoms with Crippen molar-refractivity contribution < 1.29 is 4.79 Å². The van der Waals surface area contributed by atoms with Crippen molar-refractivity contribution in [1.29, 1.82) is 0 Å². The number of rotatable bonds is 6. The molecule has 0 aliphatic carbocycles. The Bertz CT molecular complexity index is 431. The molecule has 1 heterocycles. The summed E-state index contributed by atoms with van der Waals surface area (Å²) in [5.41, 5.74) is 3.52. The topological polar surface area (TPSA) is 20.3 Å². The first kappa shape index (κ1) is 13.5. The molecule has 0 amide bonds. The molecule has 1 aliphatic rings. The minimum atomic E-state index is 0.163. The first-order valence-corrected chi connectivity index (χ1v) is 7.84. The molecule has 0 atom stereocenters. The summed E-state index contributed by atoms with van der Waals surface area (Å²) < 4.78 is 0. The van der Waals surface area contributed by atoms with Crippen molar-refractivity contribution >= 4 is 23.2 Å². The summed E-state index contributed by atoms with van der Waals surface area (Å²) in [5.74, 6) is 2.61. The average Bonchev–Trinajstić information content (AvgIpc) is 2.77. The van der Waals surface area contributed by atoms with Crippen LogP contribution in [0.15, 0.2) is 18.2 Å². The van der Waals surface area contributed by atoms with Crippen LogP contribution in [-0.4, -0.2) is 30.4 Å². The number of carbonyl (C=O) groups is 1. The average molecular weight is 263 g/mol. The van der Waals surface area contributed by atoms with Gasteiger partial charge in [-0.1, -0.05) is 6.92 Å². The van der Waals surface area contributed by atoms with Gasteiger partial charge in [0, 0.05) is 24.3 Å². The summed E-state index contributed by atoms with van der Waals surface area (Å²) in [4.78, 5) is 13.8. The monoisotopic (exact) mass is 263 g/mol. The van der Waals surface area contributed by atoms with Gasteiger partial charge in [0.25, 0.3) is 0 Å². The molecule has 0 unspecified atom stereocenters. The number of Topliss-reactive ketones (excluding diaryl/α,β-unsaturated/α-hetero) is 1. The maximum atomic E-state index is 11.4. The van der Waals surface area contributed by atoms with Crippen molar-refractivity contribution in [2.75, 3.05) is 29.5 Å². The van der Waals surface area contributed by atoms with Crippen molar-refractivity contribution in [3.8, 4) is 0 Å². The Hall–Kier alpha value is -0.960. The molecular weight excluding hydrogens is 242 g/mol. The van der Waals surface area contributed by atoms with Gasteiger partial charge in [-0.2, -0.15) is 11.8 Å². The highest BCUT2D eigenvalue weighted by Crippen LogP contribution is 2.29. The van der Waals surface area contributed by atoms with Gasteiger partial charge in [0.15, 0.2) is 5.78 Å².